The molecule has 0 radical (unpaired) electrons. The normalized spacial score (nSPS) is 15.2. The number of benzene rings is 1. The van der Waals surface area contributed by atoms with E-state index in [1.165, 1.54) is 29.3 Å². The molecule has 0 amide bonds. The number of rotatable bonds is 3. The van der Waals surface area contributed by atoms with Gasteiger partial charge in [0.25, 0.3) is 0 Å². The standard InChI is InChI=1S/C12H14N2.ClH/c1-4-12-10(5-6-13-12)7-9(1)8-14-11-2-3-11;/h1,4-7,11,13-14H,2-3,8H2;1H. The van der Waals surface area contributed by atoms with Crippen LogP contribution < -0.4 is 5.32 Å². The van der Waals surface area contributed by atoms with E-state index in [2.05, 4.69) is 34.6 Å². The quantitative estimate of drug-likeness (QED) is 0.821. The average molecular weight is 223 g/mol. The highest BCUT2D eigenvalue weighted by Gasteiger charge is 2.19. The Morgan fingerprint density at radius 3 is 2.93 bits per heavy atom. The maximum Gasteiger partial charge on any atom is 0.0454 e. The van der Waals surface area contributed by atoms with Crippen LogP contribution in [0.25, 0.3) is 10.9 Å². The van der Waals surface area contributed by atoms with Crippen molar-refractivity contribution in [3.63, 3.8) is 0 Å². The first-order chi connectivity index (χ1) is 6.92. The van der Waals surface area contributed by atoms with E-state index in [-0.39, 0.29) is 12.4 Å². The minimum absolute atomic E-state index is 0. The topological polar surface area (TPSA) is 27.8 Å². The molecule has 2 N–H and O–H groups in total. The Bertz CT molecular complexity index is 446. The lowest BCUT2D eigenvalue weighted by Crippen LogP contribution is -2.14. The molecule has 3 rings (SSSR count). The Morgan fingerprint density at radius 2 is 2.13 bits per heavy atom. The summed E-state index contributed by atoms with van der Waals surface area (Å²) < 4.78 is 0. The highest BCUT2D eigenvalue weighted by molar-refractivity contribution is 5.85. The minimum Gasteiger partial charge on any atom is -0.361 e. The smallest absolute Gasteiger partial charge is 0.0454 e. The first-order valence-corrected chi connectivity index (χ1v) is 5.21. The monoisotopic (exact) mass is 222 g/mol. The maximum absolute atomic E-state index is 3.52. The van der Waals surface area contributed by atoms with E-state index in [9.17, 15) is 0 Å². The van der Waals surface area contributed by atoms with Gasteiger partial charge in [-0.15, -0.1) is 12.4 Å². The summed E-state index contributed by atoms with van der Waals surface area (Å²) in [5, 5.41) is 4.83. The van der Waals surface area contributed by atoms with Crippen molar-refractivity contribution < 1.29 is 0 Å². The Hall–Kier alpha value is -0.990. The Kier molecular flexibility index (Phi) is 2.98. The molecule has 0 bridgehead atoms. The number of aromatic amines is 1. The van der Waals surface area contributed by atoms with E-state index < -0.39 is 0 Å². The zero-order valence-electron chi connectivity index (χ0n) is 8.49. The zero-order chi connectivity index (χ0) is 9.38. The summed E-state index contributed by atoms with van der Waals surface area (Å²) in [7, 11) is 0. The summed E-state index contributed by atoms with van der Waals surface area (Å²) in [6.45, 7) is 1.01. The fraction of sp³-hybridized carbons (Fsp3) is 0.333. The molecule has 1 fully saturated rings. The second-order valence-corrected chi connectivity index (χ2v) is 4.05. The molecule has 1 aliphatic rings. The van der Waals surface area contributed by atoms with Gasteiger partial charge in [-0.05, 0) is 42.0 Å². The predicted molar refractivity (Wildman–Crippen MR) is 65.4 cm³/mol. The lowest BCUT2D eigenvalue weighted by atomic mass is 10.1. The third-order valence-corrected chi connectivity index (χ3v) is 2.79. The Balaban J connectivity index is 0.000000853. The van der Waals surface area contributed by atoms with Gasteiger partial charge >= 0.3 is 0 Å². The molecule has 80 valence electrons. The Labute approximate surface area is 95.5 Å². The molecular formula is C12H15ClN2. The van der Waals surface area contributed by atoms with Crippen LogP contribution in [0.4, 0.5) is 0 Å². The molecule has 1 aliphatic carbocycles. The summed E-state index contributed by atoms with van der Waals surface area (Å²) in [5.74, 6) is 0. The SMILES string of the molecule is Cl.c1cc2cc(CNC3CC3)ccc2[nH]1. The van der Waals surface area contributed by atoms with Gasteiger partial charge in [0.05, 0.1) is 0 Å². The highest BCUT2D eigenvalue weighted by atomic mass is 35.5. The van der Waals surface area contributed by atoms with Crippen LogP contribution in [0, 0.1) is 0 Å². The van der Waals surface area contributed by atoms with Crippen molar-refractivity contribution in [2.45, 2.75) is 25.4 Å². The lowest BCUT2D eigenvalue weighted by Gasteiger charge is -2.02. The third kappa shape index (κ3) is 2.33. The van der Waals surface area contributed by atoms with Crippen LogP contribution in [0.1, 0.15) is 18.4 Å². The van der Waals surface area contributed by atoms with Crippen molar-refractivity contribution in [1.82, 2.24) is 10.3 Å². The van der Waals surface area contributed by atoms with Gasteiger partial charge in [-0.2, -0.15) is 0 Å². The number of fused-ring (bicyclic) bond motifs is 1. The molecule has 0 spiro atoms. The van der Waals surface area contributed by atoms with Gasteiger partial charge in [0.2, 0.25) is 0 Å². The summed E-state index contributed by atoms with van der Waals surface area (Å²) in [6.07, 6.45) is 4.70. The molecular weight excluding hydrogens is 208 g/mol. The van der Waals surface area contributed by atoms with Gasteiger partial charge in [-0.1, -0.05) is 6.07 Å². The first-order valence-electron chi connectivity index (χ1n) is 5.21. The minimum atomic E-state index is 0. The summed E-state index contributed by atoms with van der Waals surface area (Å²) >= 11 is 0. The molecule has 15 heavy (non-hydrogen) atoms. The number of H-pyrrole nitrogens is 1. The van der Waals surface area contributed by atoms with Crippen LogP contribution in [-0.4, -0.2) is 11.0 Å². The van der Waals surface area contributed by atoms with Crippen molar-refractivity contribution in [1.29, 1.82) is 0 Å². The molecule has 0 atom stereocenters. The van der Waals surface area contributed by atoms with Gasteiger partial charge in [0, 0.05) is 24.3 Å². The number of hydrogen-bond donors (Lipinski definition) is 2. The lowest BCUT2D eigenvalue weighted by molar-refractivity contribution is 0.688. The van der Waals surface area contributed by atoms with E-state index in [1.807, 2.05) is 6.20 Å². The molecule has 2 nitrogen and oxygen atoms in total. The predicted octanol–water partition coefficient (Wildman–Crippen LogP) is 2.84. The van der Waals surface area contributed by atoms with Crippen molar-refractivity contribution in [2.75, 3.05) is 0 Å². The molecule has 1 heterocycles. The fourth-order valence-electron chi connectivity index (χ4n) is 1.76. The van der Waals surface area contributed by atoms with E-state index in [1.54, 1.807) is 0 Å². The van der Waals surface area contributed by atoms with Gasteiger partial charge in [0.1, 0.15) is 0 Å². The number of halogens is 1. The van der Waals surface area contributed by atoms with E-state index in [0.717, 1.165) is 12.6 Å². The van der Waals surface area contributed by atoms with Crippen LogP contribution in [0.2, 0.25) is 0 Å². The summed E-state index contributed by atoms with van der Waals surface area (Å²) in [5.41, 5.74) is 2.60. The molecule has 1 saturated carbocycles. The zero-order valence-corrected chi connectivity index (χ0v) is 9.31. The summed E-state index contributed by atoms with van der Waals surface area (Å²) in [6, 6.07) is 9.50. The molecule has 3 heteroatoms. The van der Waals surface area contributed by atoms with E-state index in [4.69, 9.17) is 0 Å². The van der Waals surface area contributed by atoms with Gasteiger partial charge < -0.3 is 10.3 Å². The largest absolute Gasteiger partial charge is 0.361 e. The summed E-state index contributed by atoms with van der Waals surface area (Å²) in [4.78, 5) is 3.20. The number of hydrogen-bond acceptors (Lipinski definition) is 1. The van der Waals surface area contributed by atoms with Crippen LogP contribution in [-0.2, 0) is 6.54 Å². The first kappa shape index (κ1) is 10.5. The molecule has 0 saturated heterocycles. The van der Waals surface area contributed by atoms with Crippen LogP contribution in [0.3, 0.4) is 0 Å². The molecule has 1 aromatic carbocycles. The van der Waals surface area contributed by atoms with Crippen LogP contribution in [0.5, 0.6) is 0 Å². The van der Waals surface area contributed by atoms with E-state index in [0.29, 0.717) is 0 Å². The highest BCUT2D eigenvalue weighted by Crippen LogP contribution is 2.20. The average Bonchev–Trinajstić information content (AvgIpc) is 2.92. The van der Waals surface area contributed by atoms with Gasteiger partial charge in [-0.25, -0.2) is 0 Å². The van der Waals surface area contributed by atoms with Crippen molar-refractivity contribution in [3.8, 4) is 0 Å². The van der Waals surface area contributed by atoms with Crippen LogP contribution >= 0.6 is 12.4 Å². The molecule has 1 aromatic heterocycles. The van der Waals surface area contributed by atoms with Crippen LogP contribution in [0.15, 0.2) is 30.5 Å². The molecule has 2 aromatic rings. The molecule has 0 unspecified atom stereocenters. The molecule has 0 aliphatic heterocycles. The fourth-order valence-corrected chi connectivity index (χ4v) is 1.76. The third-order valence-electron chi connectivity index (χ3n) is 2.79. The van der Waals surface area contributed by atoms with Crippen molar-refractivity contribution >= 4 is 23.3 Å². The van der Waals surface area contributed by atoms with E-state index >= 15 is 0 Å². The second kappa shape index (κ2) is 4.25. The van der Waals surface area contributed by atoms with Gasteiger partial charge in [-0.3, -0.25) is 0 Å². The van der Waals surface area contributed by atoms with Gasteiger partial charge in [0.15, 0.2) is 0 Å². The van der Waals surface area contributed by atoms with Crippen molar-refractivity contribution in [2.24, 2.45) is 0 Å². The second-order valence-electron chi connectivity index (χ2n) is 4.05. The maximum atomic E-state index is 3.52. The Morgan fingerprint density at radius 1 is 1.27 bits per heavy atom. The van der Waals surface area contributed by atoms with Crippen molar-refractivity contribution in [3.05, 3.63) is 36.0 Å². The number of aromatic nitrogens is 1. The number of nitrogens with one attached hydrogen (secondary N) is 2.